The molecule has 2 nitrogen and oxygen atoms in total. The van der Waals surface area contributed by atoms with E-state index in [0.29, 0.717) is 26.4 Å². The molecule has 0 radical (unpaired) electrons. The monoisotopic (exact) mass is 358 g/mol. The molecule has 106 valence electrons. The van der Waals surface area contributed by atoms with E-state index in [1.165, 1.54) is 6.07 Å². The first-order valence-electron chi connectivity index (χ1n) is 6.02. The molecule has 0 aromatic heterocycles. The van der Waals surface area contributed by atoms with Crippen molar-refractivity contribution in [2.45, 2.75) is 19.6 Å². The Morgan fingerprint density at radius 3 is 2.80 bits per heavy atom. The fourth-order valence-corrected chi connectivity index (χ4v) is 2.35. The summed E-state index contributed by atoms with van der Waals surface area (Å²) >= 11 is 9.09. The number of benzene rings is 2. The van der Waals surface area contributed by atoms with Crippen LogP contribution in [0.4, 0.5) is 4.39 Å². The fourth-order valence-electron chi connectivity index (χ4n) is 1.79. The van der Waals surface area contributed by atoms with Crippen molar-refractivity contribution in [1.82, 2.24) is 0 Å². The molecule has 0 saturated carbocycles. The topological polar surface area (TPSA) is 29.5 Å². The summed E-state index contributed by atoms with van der Waals surface area (Å²) in [7, 11) is 0. The van der Waals surface area contributed by atoms with E-state index in [9.17, 15) is 9.50 Å². The number of hydrogen-bond donors (Lipinski definition) is 1. The predicted molar refractivity (Wildman–Crippen MR) is 80.5 cm³/mol. The van der Waals surface area contributed by atoms with Gasteiger partial charge < -0.3 is 9.84 Å². The largest absolute Gasteiger partial charge is 0.488 e. The predicted octanol–water partition coefficient (Wildman–Crippen LogP) is 4.87. The number of halogens is 3. The molecule has 1 unspecified atom stereocenters. The fraction of sp³-hybridized carbons (Fsp3) is 0.200. The van der Waals surface area contributed by atoms with Crippen molar-refractivity contribution >= 4 is 27.5 Å². The molecule has 0 spiro atoms. The van der Waals surface area contributed by atoms with E-state index in [1.807, 2.05) is 0 Å². The Bertz CT molecular complexity index is 617. The van der Waals surface area contributed by atoms with Crippen LogP contribution in [0.2, 0.25) is 5.02 Å². The Morgan fingerprint density at radius 2 is 2.10 bits per heavy atom. The van der Waals surface area contributed by atoms with Crippen LogP contribution < -0.4 is 4.74 Å². The molecule has 0 aliphatic rings. The van der Waals surface area contributed by atoms with Gasteiger partial charge in [0, 0.05) is 16.1 Å². The lowest BCUT2D eigenvalue weighted by molar-refractivity contribution is 0.190. The van der Waals surface area contributed by atoms with E-state index >= 15 is 0 Å². The summed E-state index contributed by atoms with van der Waals surface area (Å²) in [6.07, 6.45) is -0.695. The molecule has 2 aromatic carbocycles. The second-order valence-corrected chi connectivity index (χ2v) is 5.59. The second kappa shape index (κ2) is 6.57. The van der Waals surface area contributed by atoms with Crippen molar-refractivity contribution < 1.29 is 14.2 Å². The van der Waals surface area contributed by atoms with Gasteiger partial charge >= 0.3 is 0 Å². The third kappa shape index (κ3) is 3.51. The van der Waals surface area contributed by atoms with Crippen LogP contribution in [0.1, 0.15) is 24.2 Å². The van der Waals surface area contributed by atoms with Gasteiger partial charge in [-0.05, 0) is 47.1 Å². The second-order valence-electron chi connectivity index (χ2n) is 4.36. The average Bonchev–Trinajstić information content (AvgIpc) is 2.41. The van der Waals surface area contributed by atoms with E-state index in [1.54, 1.807) is 37.3 Å². The summed E-state index contributed by atoms with van der Waals surface area (Å²) in [6, 6.07) is 9.79. The zero-order chi connectivity index (χ0) is 14.7. The molecule has 0 saturated heterocycles. The van der Waals surface area contributed by atoms with E-state index < -0.39 is 6.10 Å². The summed E-state index contributed by atoms with van der Waals surface area (Å²) in [6.45, 7) is 1.83. The van der Waals surface area contributed by atoms with Gasteiger partial charge in [0.05, 0.1) is 10.6 Å². The zero-order valence-electron chi connectivity index (χ0n) is 10.7. The first-order chi connectivity index (χ1) is 9.49. The Kier molecular flexibility index (Phi) is 5.02. The normalized spacial score (nSPS) is 12.2. The van der Waals surface area contributed by atoms with Crippen LogP contribution in [0, 0.1) is 5.82 Å². The Balaban J connectivity index is 2.21. The minimum Gasteiger partial charge on any atom is -0.488 e. The Hall–Kier alpha value is -1.10. The number of ether oxygens (including phenoxy) is 1. The Labute approximate surface area is 130 Å². The number of aliphatic hydroxyl groups is 1. The lowest BCUT2D eigenvalue weighted by Crippen LogP contribution is -2.02. The smallest absolute Gasteiger partial charge is 0.137 e. The van der Waals surface area contributed by atoms with Crippen LogP contribution >= 0.6 is 27.5 Å². The molecular weight excluding hydrogens is 347 g/mol. The highest BCUT2D eigenvalue weighted by molar-refractivity contribution is 9.10. The van der Waals surface area contributed by atoms with Gasteiger partial charge in [0.1, 0.15) is 18.2 Å². The van der Waals surface area contributed by atoms with Crippen LogP contribution in [-0.4, -0.2) is 5.11 Å². The van der Waals surface area contributed by atoms with Gasteiger partial charge in [-0.1, -0.05) is 23.7 Å². The molecule has 0 bridgehead atoms. The molecule has 2 rings (SSSR count). The van der Waals surface area contributed by atoms with Crippen LogP contribution in [-0.2, 0) is 6.61 Å². The summed E-state index contributed by atoms with van der Waals surface area (Å²) < 4.78 is 19.4. The molecule has 0 heterocycles. The minimum atomic E-state index is -0.695. The molecule has 1 atom stereocenters. The highest BCUT2D eigenvalue weighted by Crippen LogP contribution is 2.30. The molecular formula is C15H13BrClFO2. The van der Waals surface area contributed by atoms with Crippen LogP contribution in [0.5, 0.6) is 5.75 Å². The van der Waals surface area contributed by atoms with Gasteiger partial charge in [-0.2, -0.15) is 0 Å². The first kappa shape index (κ1) is 15.3. The van der Waals surface area contributed by atoms with Gasteiger partial charge in [0.25, 0.3) is 0 Å². The van der Waals surface area contributed by atoms with Gasteiger partial charge in [-0.3, -0.25) is 0 Å². The third-order valence-corrected chi connectivity index (χ3v) is 3.96. The molecule has 0 aliphatic carbocycles. The summed E-state index contributed by atoms with van der Waals surface area (Å²) in [4.78, 5) is 0. The molecule has 2 aromatic rings. The van der Waals surface area contributed by atoms with Crippen LogP contribution in [0.15, 0.2) is 40.9 Å². The molecule has 0 aliphatic heterocycles. The van der Waals surface area contributed by atoms with E-state index in [4.69, 9.17) is 16.3 Å². The van der Waals surface area contributed by atoms with Crippen molar-refractivity contribution in [2.24, 2.45) is 0 Å². The van der Waals surface area contributed by atoms with E-state index in [-0.39, 0.29) is 12.4 Å². The molecule has 0 amide bonds. The summed E-state index contributed by atoms with van der Waals surface area (Å²) in [5.74, 6) is 0.193. The Morgan fingerprint density at radius 1 is 1.35 bits per heavy atom. The number of aliphatic hydroxyl groups excluding tert-OH is 1. The SMILES string of the molecule is CC(O)c1cc(Cl)ccc1OCc1cccc(F)c1Br. The lowest BCUT2D eigenvalue weighted by atomic mass is 10.1. The summed E-state index contributed by atoms with van der Waals surface area (Å²) in [5, 5.41) is 10.2. The maximum Gasteiger partial charge on any atom is 0.137 e. The standard InChI is InChI=1S/C15H13BrClFO2/c1-9(19)12-7-11(17)5-6-14(12)20-8-10-3-2-4-13(18)15(10)16/h2-7,9,19H,8H2,1H3. The maximum absolute atomic E-state index is 13.4. The lowest BCUT2D eigenvalue weighted by Gasteiger charge is -2.14. The van der Waals surface area contributed by atoms with Gasteiger partial charge in [-0.25, -0.2) is 4.39 Å². The van der Waals surface area contributed by atoms with Crippen LogP contribution in [0.25, 0.3) is 0 Å². The first-order valence-corrected chi connectivity index (χ1v) is 7.19. The van der Waals surface area contributed by atoms with Crippen molar-refractivity contribution in [3.8, 4) is 5.75 Å². The van der Waals surface area contributed by atoms with Crippen molar-refractivity contribution in [3.63, 3.8) is 0 Å². The zero-order valence-corrected chi connectivity index (χ0v) is 13.1. The third-order valence-electron chi connectivity index (χ3n) is 2.84. The molecule has 0 fully saturated rings. The van der Waals surface area contributed by atoms with Crippen molar-refractivity contribution in [1.29, 1.82) is 0 Å². The van der Waals surface area contributed by atoms with E-state index in [0.717, 1.165) is 0 Å². The summed E-state index contributed by atoms with van der Waals surface area (Å²) in [5.41, 5.74) is 1.29. The van der Waals surface area contributed by atoms with Gasteiger partial charge in [0.15, 0.2) is 0 Å². The van der Waals surface area contributed by atoms with E-state index in [2.05, 4.69) is 15.9 Å². The van der Waals surface area contributed by atoms with Gasteiger partial charge in [-0.15, -0.1) is 0 Å². The molecule has 20 heavy (non-hydrogen) atoms. The molecule has 1 N–H and O–H groups in total. The number of hydrogen-bond acceptors (Lipinski definition) is 2. The van der Waals surface area contributed by atoms with Crippen LogP contribution in [0.3, 0.4) is 0 Å². The average molecular weight is 360 g/mol. The maximum atomic E-state index is 13.4. The minimum absolute atomic E-state index is 0.194. The highest BCUT2D eigenvalue weighted by atomic mass is 79.9. The molecule has 5 heteroatoms. The highest BCUT2D eigenvalue weighted by Gasteiger charge is 2.11. The van der Waals surface area contributed by atoms with Gasteiger partial charge in [0.2, 0.25) is 0 Å². The van der Waals surface area contributed by atoms with Crippen molar-refractivity contribution in [2.75, 3.05) is 0 Å². The quantitative estimate of drug-likeness (QED) is 0.843. The van der Waals surface area contributed by atoms with Crippen molar-refractivity contribution in [3.05, 3.63) is 62.8 Å². The number of rotatable bonds is 4.